The molecule has 6 heteroatoms. The van der Waals surface area contributed by atoms with Crippen LogP contribution in [0.4, 0.5) is 45.5 Å². The summed E-state index contributed by atoms with van der Waals surface area (Å²) < 4.78 is 16.1. The average molecular weight is 949 g/mol. The minimum Gasteiger partial charge on any atom is -0.454 e. The predicted octanol–water partition coefficient (Wildman–Crippen LogP) is 18.8. The lowest BCUT2D eigenvalue weighted by Crippen LogP contribution is -2.26. The third kappa shape index (κ3) is 5.13. The Balaban J connectivity index is 0.876. The molecule has 4 aromatic heterocycles. The number of anilines is 8. The third-order valence-corrected chi connectivity index (χ3v) is 16.6. The molecule has 74 heavy (non-hydrogen) atoms. The maximum atomic E-state index is 6.79. The Morgan fingerprint density at radius 2 is 0.973 bits per heavy atom. The Labute approximate surface area is 425 Å². The molecule has 6 nitrogen and oxygen atoms in total. The quantitative estimate of drug-likeness (QED) is 0.166. The van der Waals surface area contributed by atoms with Crippen LogP contribution in [-0.4, -0.2) is 10.4 Å². The van der Waals surface area contributed by atoms with Crippen LogP contribution in [0.5, 0.6) is 0 Å². The fourth-order valence-electron chi connectivity index (χ4n) is 13.6. The summed E-state index contributed by atoms with van der Waals surface area (Å²) in [4.78, 5) is 7.53. The van der Waals surface area contributed by atoms with E-state index in [-0.39, 0.29) is 12.0 Å². The molecule has 14 aromatic rings. The molecule has 0 N–H and O–H groups in total. The minimum absolute atomic E-state index is 0.112. The second-order valence-corrected chi connectivity index (χ2v) is 20.4. The van der Waals surface area contributed by atoms with Gasteiger partial charge in [0, 0.05) is 71.6 Å². The highest BCUT2D eigenvalue weighted by Gasteiger charge is 2.49. The molecule has 0 saturated heterocycles. The van der Waals surface area contributed by atoms with Gasteiger partial charge in [-0.05, 0) is 109 Å². The van der Waals surface area contributed by atoms with Crippen LogP contribution in [0.15, 0.2) is 227 Å². The number of hydrogen-bond acceptors (Lipinski definition) is 5. The van der Waals surface area contributed by atoms with Gasteiger partial charge in [-0.3, -0.25) is 0 Å². The average Bonchev–Trinajstić information content (AvgIpc) is 4.34. The molecule has 0 amide bonds. The van der Waals surface area contributed by atoms with E-state index in [9.17, 15) is 0 Å². The summed E-state index contributed by atoms with van der Waals surface area (Å²) in [5, 5.41) is 9.42. The lowest BCUT2D eigenvalue weighted by molar-refractivity contribution is 0.668. The number of hydrogen-bond donors (Lipinski definition) is 0. The molecule has 0 bridgehead atoms. The van der Waals surface area contributed by atoms with E-state index in [0.717, 1.165) is 78.0 Å². The first kappa shape index (κ1) is 40.1. The molecule has 1 aliphatic carbocycles. The maximum Gasteiger partial charge on any atom is 0.159 e. The van der Waals surface area contributed by atoms with Gasteiger partial charge in [0.25, 0.3) is 0 Å². The predicted molar refractivity (Wildman–Crippen MR) is 307 cm³/mol. The van der Waals surface area contributed by atoms with Crippen molar-refractivity contribution in [3.8, 4) is 0 Å². The number of para-hydroxylation sites is 7. The summed E-state index contributed by atoms with van der Waals surface area (Å²) in [5.41, 5.74) is 22.6. The topological polar surface area (TPSA) is 40.4 Å². The van der Waals surface area contributed by atoms with Gasteiger partial charge >= 0.3 is 0 Å². The molecule has 6 heterocycles. The van der Waals surface area contributed by atoms with Gasteiger partial charge in [0.05, 0.1) is 51.0 Å². The molecule has 348 valence electrons. The first-order valence-electron chi connectivity index (χ1n) is 25.7. The second kappa shape index (κ2) is 14.6. The van der Waals surface area contributed by atoms with Crippen LogP contribution >= 0.6 is 0 Å². The lowest BCUT2D eigenvalue weighted by atomic mass is 9.84. The van der Waals surface area contributed by atoms with Crippen LogP contribution in [0.2, 0.25) is 0 Å². The van der Waals surface area contributed by atoms with E-state index in [2.05, 4.69) is 245 Å². The number of furan rings is 2. The molecule has 0 spiro atoms. The summed E-state index contributed by atoms with van der Waals surface area (Å²) in [6.07, 6.45) is 7.10. The number of rotatable bonds is 6. The maximum absolute atomic E-state index is 6.79. The van der Waals surface area contributed by atoms with Gasteiger partial charge in [0.15, 0.2) is 11.2 Å². The smallest absolute Gasteiger partial charge is 0.159 e. The van der Waals surface area contributed by atoms with Crippen molar-refractivity contribution in [2.75, 3.05) is 14.7 Å². The highest BCUT2D eigenvalue weighted by atomic mass is 16.3. The highest BCUT2D eigenvalue weighted by molar-refractivity contribution is 6.27. The molecule has 17 rings (SSSR count). The molecule has 0 saturated carbocycles. The van der Waals surface area contributed by atoms with Crippen LogP contribution in [0.1, 0.15) is 28.2 Å². The van der Waals surface area contributed by atoms with Crippen molar-refractivity contribution >= 4 is 133 Å². The van der Waals surface area contributed by atoms with Crippen LogP contribution < -0.4 is 14.7 Å². The van der Waals surface area contributed by atoms with Crippen LogP contribution in [0.3, 0.4) is 0 Å². The SMILES string of the molecule is Cc1ccccc1N(c1cccc2c1C1=CC=CC3c4cc5c(cc4N2C13)c1cccc2c3c(N(c4ccccc4C)c4cccc6c4oc4ccccc46)cccc3n5c12)c1cccc2c1oc1ccccc12. The molecule has 2 unspecified atom stereocenters. The van der Waals surface area contributed by atoms with Crippen LogP contribution in [-0.2, 0) is 0 Å². The Morgan fingerprint density at radius 1 is 0.432 bits per heavy atom. The molecule has 2 atom stereocenters. The van der Waals surface area contributed by atoms with Crippen molar-refractivity contribution in [3.63, 3.8) is 0 Å². The largest absolute Gasteiger partial charge is 0.454 e. The van der Waals surface area contributed by atoms with Gasteiger partial charge in [-0.25, -0.2) is 0 Å². The first-order valence-corrected chi connectivity index (χ1v) is 25.7. The van der Waals surface area contributed by atoms with Gasteiger partial charge in [0.1, 0.15) is 11.2 Å². The van der Waals surface area contributed by atoms with E-state index in [1.165, 1.54) is 77.3 Å². The lowest BCUT2D eigenvalue weighted by Gasteiger charge is -2.29. The molecule has 0 radical (unpaired) electrons. The number of aromatic nitrogens is 1. The highest BCUT2D eigenvalue weighted by Crippen LogP contribution is 2.62. The summed E-state index contributed by atoms with van der Waals surface area (Å²) in [5.74, 6) is 0.152. The van der Waals surface area contributed by atoms with Crippen molar-refractivity contribution < 1.29 is 8.83 Å². The van der Waals surface area contributed by atoms with E-state index >= 15 is 0 Å². The Morgan fingerprint density at radius 3 is 1.68 bits per heavy atom. The second-order valence-electron chi connectivity index (χ2n) is 20.4. The monoisotopic (exact) mass is 948 g/mol. The summed E-state index contributed by atoms with van der Waals surface area (Å²) in [6.45, 7) is 4.41. The number of nitrogens with zero attached hydrogens (tertiary/aromatic N) is 4. The molecule has 3 aliphatic rings. The van der Waals surface area contributed by atoms with E-state index in [4.69, 9.17) is 8.83 Å². The Kier molecular flexibility index (Phi) is 7.89. The van der Waals surface area contributed by atoms with Crippen molar-refractivity contribution in [2.45, 2.75) is 25.8 Å². The standard InChI is InChI=1S/C68H44N4O2/c1-39-17-3-7-27-51(39)69(57-33-13-23-45-41-19-5-9-35-61(41)73-67(45)57)53-29-15-31-55-63(53)47-25-11-21-43-49-38-60-50(37-59(49)71(55)65(43)47)44-22-12-26-48-64-54(30-16-32-56(64)72(60)66(44)48)70(52-28-8-4-18-40(52)2)58-34-14-24-46-42-20-6-10-36-62(42)74-68(46)58/h3-38,43,65H,1-2H3. The fourth-order valence-corrected chi connectivity index (χ4v) is 13.6. The molecule has 2 aliphatic heterocycles. The van der Waals surface area contributed by atoms with Crippen molar-refractivity contribution in [2.24, 2.45) is 0 Å². The van der Waals surface area contributed by atoms with E-state index < -0.39 is 0 Å². The third-order valence-electron chi connectivity index (χ3n) is 16.6. The summed E-state index contributed by atoms with van der Waals surface area (Å²) in [7, 11) is 0. The molecule has 10 aromatic carbocycles. The number of allylic oxidation sites excluding steroid dienone is 2. The van der Waals surface area contributed by atoms with Gasteiger partial charge in [-0.2, -0.15) is 0 Å². The molecular weight excluding hydrogens is 905 g/mol. The van der Waals surface area contributed by atoms with Gasteiger partial charge in [-0.15, -0.1) is 0 Å². The first-order chi connectivity index (χ1) is 36.6. The van der Waals surface area contributed by atoms with E-state index in [1.807, 2.05) is 6.07 Å². The summed E-state index contributed by atoms with van der Waals surface area (Å²) >= 11 is 0. The molecular formula is C68H44N4O2. The van der Waals surface area contributed by atoms with E-state index in [0.29, 0.717) is 0 Å². The van der Waals surface area contributed by atoms with Gasteiger partial charge in [-0.1, -0.05) is 146 Å². The van der Waals surface area contributed by atoms with Crippen LogP contribution in [0, 0.1) is 13.8 Å². The van der Waals surface area contributed by atoms with Gasteiger partial charge in [0.2, 0.25) is 0 Å². The van der Waals surface area contributed by atoms with Crippen molar-refractivity contribution in [1.82, 2.24) is 4.40 Å². The normalized spacial score (nSPS) is 15.7. The Hall–Kier alpha value is -9.52. The number of aryl methyl sites for hydroxylation is 2. The number of benzene rings is 10. The molecule has 0 fully saturated rings. The fraction of sp³-hybridized carbons (Fsp3) is 0.0588. The van der Waals surface area contributed by atoms with Crippen LogP contribution in [0.25, 0.3) is 87.5 Å². The zero-order valence-electron chi connectivity index (χ0n) is 40.5. The van der Waals surface area contributed by atoms with E-state index in [1.54, 1.807) is 0 Å². The zero-order chi connectivity index (χ0) is 48.5. The van der Waals surface area contributed by atoms with Crippen molar-refractivity contribution in [1.29, 1.82) is 0 Å². The summed E-state index contributed by atoms with van der Waals surface area (Å²) in [6, 6.07) is 73.1. The zero-order valence-corrected chi connectivity index (χ0v) is 40.5. The van der Waals surface area contributed by atoms with Gasteiger partial charge < -0.3 is 27.9 Å². The Bertz CT molecular complexity index is 4810. The van der Waals surface area contributed by atoms with Crippen molar-refractivity contribution in [3.05, 3.63) is 241 Å². The minimum atomic E-state index is 0.112. The number of fused-ring (bicyclic) bond motifs is 18.